The van der Waals surface area contributed by atoms with E-state index in [9.17, 15) is 19.1 Å². The lowest BCUT2D eigenvalue weighted by atomic mass is 9.98. The molecule has 0 saturated carbocycles. The second kappa shape index (κ2) is 7.09. The summed E-state index contributed by atoms with van der Waals surface area (Å²) in [5, 5.41) is 10.1. The maximum atomic E-state index is 13.5. The quantitative estimate of drug-likeness (QED) is 0.527. The molecule has 0 radical (unpaired) electrons. The minimum Gasteiger partial charge on any atom is -0.508 e. The third kappa shape index (κ3) is 3.17. The summed E-state index contributed by atoms with van der Waals surface area (Å²) in [6.45, 7) is 2.05. The van der Waals surface area contributed by atoms with Crippen LogP contribution in [0.3, 0.4) is 0 Å². The molecule has 5 rings (SSSR count). The van der Waals surface area contributed by atoms with E-state index in [-0.39, 0.29) is 34.9 Å². The van der Waals surface area contributed by atoms with Gasteiger partial charge in [0.25, 0.3) is 5.91 Å². The molecule has 0 saturated heterocycles. The summed E-state index contributed by atoms with van der Waals surface area (Å²) in [5.41, 5.74) is 2.68. The molecule has 1 aliphatic heterocycles. The van der Waals surface area contributed by atoms with Crippen molar-refractivity contribution in [1.82, 2.24) is 4.90 Å². The molecule has 0 bridgehead atoms. The second-order valence-electron chi connectivity index (χ2n) is 7.73. The summed E-state index contributed by atoms with van der Waals surface area (Å²) in [5.74, 6) is -0.675. The molecule has 1 amide bonds. The van der Waals surface area contributed by atoms with E-state index < -0.39 is 11.9 Å². The lowest BCUT2D eigenvalue weighted by molar-refractivity contribution is 0.0714. The normalized spacial score (nSPS) is 15.5. The van der Waals surface area contributed by atoms with Crippen LogP contribution in [0.5, 0.6) is 5.75 Å². The van der Waals surface area contributed by atoms with Crippen LogP contribution in [0.1, 0.15) is 38.9 Å². The fraction of sp³-hybridized carbons (Fsp3) is 0.120. The van der Waals surface area contributed by atoms with Gasteiger partial charge in [0, 0.05) is 6.54 Å². The van der Waals surface area contributed by atoms with Gasteiger partial charge < -0.3 is 14.4 Å². The Hall–Kier alpha value is -3.93. The zero-order valence-electron chi connectivity index (χ0n) is 16.6. The fourth-order valence-electron chi connectivity index (χ4n) is 4.09. The molecule has 154 valence electrons. The number of carbonyl (C=O) groups is 1. The number of rotatable bonds is 3. The molecule has 0 aliphatic carbocycles. The van der Waals surface area contributed by atoms with Gasteiger partial charge in [0.15, 0.2) is 5.43 Å². The van der Waals surface area contributed by atoms with Gasteiger partial charge in [0.1, 0.15) is 17.1 Å². The number of amides is 1. The van der Waals surface area contributed by atoms with Crippen LogP contribution in [0.25, 0.3) is 11.0 Å². The van der Waals surface area contributed by atoms with Crippen molar-refractivity contribution in [2.24, 2.45) is 0 Å². The predicted octanol–water partition coefficient (Wildman–Crippen LogP) is 4.69. The van der Waals surface area contributed by atoms with E-state index in [0.717, 1.165) is 11.1 Å². The largest absolute Gasteiger partial charge is 0.508 e. The van der Waals surface area contributed by atoms with Crippen LogP contribution in [0.15, 0.2) is 75.9 Å². The molecular weight excluding hydrogens is 397 g/mol. The molecule has 31 heavy (non-hydrogen) atoms. The number of phenolic OH excluding ortho intramolecular Hbond substituents is 1. The third-order valence-corrected chi connectivity index (χ3v) is 5.60. The zero-order valence-corrected chi connectivity index (χ0v) is 16.6. The Bertz CT molecular complexity index is 1370. The Morgan fingerprint density at radius 1 is 1.00 bits per heavy atom. The molecule has 5 nitrogen and oxygen atoms in total. The Morgan fingerprint density at radius 2 is 1.71 bits per heavy atom. The predicted molar refractivity (Wildman–Crippen MR) is 113 cm³/mol. The highest BCUT2D eigenvalue weighted by Gasteiger charge is 2.42. The molecule has 0 fully saturated rings. The van der Waals surface area contributed by atoms with Crippen molar-refractivity contribution in [3.8, 4) is 5.75 Å². The van der Waals surface area contributed by atoms with Crippen molar-refractivity contribution in [3.05, 3.63) is 111 Å². The average molecular weight is 415 g/mol. The number of fused-ring (bicyclic) bond motifs is 2. The number of aryl methyl sites for hydroxylation is 1. The van der Waals surface area contributed by atoms with E-state index in [4.69, 9.17) is 4.42 Å². The summed E-state index contributed by atoms with van der Waals surface area (Å²) in [6, 6.07) is 16.8. The number of nitrogens with zero attached hydrogens (tertiary/aromatic N) is 1. The number of phenols is 1. The van der Waals surface area contributed by atoms with Gasteiger partial charge in [-0.1, -0.05) is 35.9 Å². The Kier molecular flexibility index (Phi) is 4.36. The summed E-state index contributed by atoms with van der Waals surface area (Å²) in [6.07, 6.45) is 0. The zero-order chi connectivity index (χ0) is 21.7. The van der Waals surface area contributed by atoms with Crippen LogP contribution in [0.4, 0.5) is 4.39 Å². The molecule has 1 N–H and O–H groups in total. The van der Waals surface area contributed by atoms with Crippen molar-refractivity contribution in [3.63, 3.8) is 0 Å². The highest BCUT2D eigenvalue weighted by molar-refractivity contribution is 5.99. The monoisotopic (exact) mass is 415 g/mol. The summed E-state index contributed by atoms with van der Waals surface area (Å²) >= 11 is 0. The van der Waals surface area contributed by atoms with E-state index in [1.54, 1.807) is 41.3 Å². The first-order chi connectivity index (χ1) is 14.9. The first kappa shape index (κ1) is 19.1. The lowest BCUT2D eigenvalue weighted by Gasteiger charge is -2.25. The van der Waals surface area contributed by atoms with Crippen molar-refractivity contribution < 1.29 is 18.7 Å². The van der Waals surface area contributed by atoms with Crippen LogP contribution in [-0.4, -0.2) is 15.9 Å². The first-order valence-corrected chi connectivity index (χ1v) is 9.84. The van der Waals surface area contributed by atoms with Gasteiger partial charge in [0.05, 0.1) is 17.0 Å². The molecule has 1 atom stereocenters. The van der Waals surface area contributed by atoms with E-state index >= 15 is 0 Å². The third-order valence-electron chi connectivity index (χ3n) is 5.60. The van der Waals surface area contributed by atoms with Crippen LogP contribution in [0, 0.1) is 12.7 Å². The minimum atomic E-state index is -0.686. The number of hydrogen-bond acceptors (Lipinski definition) is 4. The van der Waals surface area contributed by atoms with Crippen molar-refractivity contribution in [2.75, 3.05) is 0 Å². The Labute approximate surface area is 177 Å². The number of benzene rings is 3. The van der Waals surface area contributed by atoms with Crippen molar-refractivity contribution in [2.45, 2.75) is 19.5 Å². The van der Waals surface area contributed by atoms with E-state index in [2.05, 4.69) is 0 Å². The molecule has 3 aromatic carbocycles. The van der Waals surface area contributed by atoms with Gasteiger partial charge in [-0.05, 0) is 54.4 Å². The molecule has 6 heteroatoms. The number of aromatic hydroxyl groups is 1. The summed E-state index contributed by atoms with van der Waals surface area (Å²) in [4.78, 5) is 28.4. The molecule has 1 aromatic heterocycles. The van der Waals surface area contributed by atoms with Crippen LogP contribution in [0.2, 0.25) is 0 Å². The standard InChI is InChI=1S/C25H18FNO4/c1-14-2-11-20-19(12-14)23(29)21-22(16-5-9-18(28)10-6-16)27(25(30)24(21)31-20)13-15-3-7-17(26)8-4-15/h2-12,22,28H,13H2,1H3/t22-/m0/s1. The lowest BCUT2D eigenvalue weighted by Crippen LogP contribution is -2.29. The van der Waals surface area contributed by atoms with E-state index in [0.29, 0.717) is 16.5 Å². The maximum Gasteiger partial charge on any atom is 0.291 e. The molecule has 0 unspecified atom stereocenters. The number of carbonyl (C=O) groups excluding carboxylic acids is 1. The van der Waals surface area contributed by atoms with Crippen LogP contribution >= 0.6 is 0 Å². The number of hydrogen-bond donors (Lipinski definition) is 1. The van der Waals surface area contributed by atoms with Crippen LogP contribution < -0.4 is 5.43 Å². The van der Waals surface area contributed by atoms with E-state index in [1.165, 1.54) is 24.3 Å². The molecule has 1 aliphatic rings. The van der Waals surface area contributed by atoms with Gasteiger partial charge in [-0.15, -0.1) is 0 Å². The topological polar surface area (TPSA) is 70.8 Å². The van der Waals surface area contributed by atoms with Crippen molar-refractivity contribution >= 4 is 16.9 Å². The minimum absolute atomic E-state index is 0.0153. The first-order valence-electron chi connectivity index (χ1n) is 9.84. The van der Waals surface area contributed by atoms with Gasteiger partial charge >= 0.3 is 0 Å². The average Bonchev–Trinajstić information content (AvgIpc) is 3.03. The molecule has 0 spiro atoms. The van der Waals surface area contributed by atoms with Gasteiger partial charge in [-0.2, -0.15) is 0 Å². The molecule has 4 aromatic rings. The van der Waals surface area contributed by atoms with Gasteiger partial charge in [0.2, 0.25) is 5.76 Å². The van der Waals surface area contributed by atoms with E-state index in [1.807, 2.05) is 13.0 Å². The molecule has 2 heterocycles. The van der Waals surface area contributed by atoms with Gasteiger partial charge in [-0.25, -0.2) is 4.39 Å². The van der Waals surface area contributed by atoms with Crippen molar-refractivity contribution in [1.29, 1.82) is 0 Å². The smallest absolute Gasteiger partial charge is 0.291 e. The maximum absolute atomic E-state index is 13.5. The SMILES string of the molecule is Cc1ccc2oc3c(c(=O)c2c1)[C@H](c1ccc(O)cc1)N(Cc1ccc(F)cc1)C3=O. The van der Waals surface area contributed by atoms with Crippen LogP contribution in [-0.2, 0) is 6.54 Å². The molecular formula is C25H18FNO4. The highest BCUT2D eigenvalue weighted by atomic mass is 19.1. The summed E-state index contributed by atoms with van der Waals surface area (Å²) < 4.78 is 19.3. The second-order valence-corrected chi connectivity index (χ2v) is 7.73. The Morgan fingerprint density at radius 3 is 2.42 bits per heavy atom. The number of halogens is 1. The summed E-state index contributed by atoms with van der Waals surface area (Å²) in [7, 11) is 0. The van der Waals surface area contributed by atoms with Gasteiger partial charge in [-0.3, -0.25) is 9.59 Å². The Balaban J connectivity index is 1.72. The fourth-order valence-corrected chi connectivity index (χ4v) is 4.09. The highest BCUT2D eigenvalue weighted by Crippen LogP contribution is 2.39.